The highest BCUT2D eigenvalue weighted by Crippen LogP contribution is 2.41. The molecule has 0 N–H and O–H groups in total. The number of rotatable bonds is 9. The van der Waals surface area contributed by atoms with Gasteiger partial charge in [0.25, 0.3) is 0 Å². The van der Waals surface area contributed by atoms with Crippen LogP contribution >= 0.6 is 11.8 Å². The van der Waals surface area contributed by atoms with Crippen molar-refractivity contribution in [3.05, 3.63) is 30.6 Å². The second-order valence-corrected chi connectivity index (χ2v) is 9.07. The van der Waals surface area contributed by atoms with E-state index in [0.717, 1.165) is 58.4 Å². The van der Waals surface area contributed by atoms with Crippen molar-refractivity contribution in [1.82, 2.24) is 14.4 Å². The zero-order valence-electron chi connectivity index (χ0n) is 17.8. The molecule has 0 aliphatic heterocycles. The average molecular weight is 425 g/mol. The summed E-state index contributed by atoms with van der Waals surface area (Å²) in [4.78, 5) is 12.3. The zero-order chi connectivity index (χ0) is 20.7. The Balaban J connectivity index is 1.64. The number of benzene rings is 1. The van der Waals surface area contributed by atoms with Crippen molar-refractivity contribution in [1.29, 1.82) is 0 Å². The van der Waals surface area contributed by atoms with Crippen LogP contribution in [0.1, 0.15) is 25.7 Å². The minimum atomic E-state index is 0.734. The van der Waals surface area contributed by atoms with E-state index in [1.807, 2.05) is 30.6 Å². The molecule has 2 heterocycles. The van der Waals surface area contributed by atoms with Crippen LogP contribution in [0.4, 0.5) is 5.82 Å². The van der Waals surface area contributed by atoms with E-state index >= 15 is 0 Å². The molecule has 0 atom stereocenters. The average Bonchev–Trinajstić information content (AvgIpc) is 3.72. The van der Waals surface area contributed by atoms with E-state index < -0.39 is 0 Å². The maximum Gasteiger partial charge on any atom is 0.166 e. The van der Waals surface area contributed by atoms with Crippen LogP contribution in [0.5, 0.6) is 11.5 Å². The van der Waals surface area contributed by atoms with Crippen molar-refractivity contribution < 1.29 is 9.47 Å². The van der Waals surface area contributed by atoms with Crippen molar-refractivity contribution in [2.45, 2.75) is 30.7 Å². The summed E-state index contributed by atoms with van der Waals surface area (Å²) in [6.07, 6.45) is 11.4. The highest BCUT2D eigenvalue weighted by Gasteiger charge is 2.32. The van der Waals surface area contributed by atoms with Crippen LogP contribution in [0.2, 0.25) is 0 Å². The van der Waals surface area contributed by atoms with Gasteiger partial charge in [0.05, 0.1) is 14.2 Å². The molecule has 2 saturated carbocycles. The summed E-state index contributed by atoms with van der Waals surface area (Å²) in [5.74, 6) is 4.36. The normalized spacial score (nSPS) is 16.1. The van der Waals surface area contributed by atoms with Gasteiger partial charge in [-0.2, -0.15) is 0 Å². The predicted molar refractivity (Wildman–Crippen MR) is 121 cm³/mol. The molecule has 0 unspecified atom stereocenters. The Bertz CT molecular complexity index is 1040. The Kier molecular flexibility index (Phi) is 5.23. The first kappa shape index (κ1) is 19.5. The van der Waals surface area contributed by atoms with E-state index in [1.165, 1.54) is 31.5 Å². The Hall–Kier alpha value is -2.41. The molecule has 2 aromatic heterocycles. The minimum absolute atomic E-state index is 0.734. The third-order valence-electron chi connectivity index (χ3n) is 5.99. The lowest BCUT2D eigenvalue weighted by Crippen LogP contribution is -2.29. The fourth-order valence-electron chi connectivity index (χ4n) is 4.02. The van der Waals surface area contributed by atoms with Crippen LogP contribution in [0.3, 0.4) is 0 Å². The van der Waals surface area contributed by atoms with Crippen molar-refractivity contribution >= 4 is 23.2 Å². The van der Waals surface area contributed by atoms with Crippen molar-refractivity contribution in [3.63, 3.8) is 0 Å². The Morgan fingerprint density at radius 1 is 1.10 bits per heavy atom. The lowest BCUT2D eigenvalue weighted by molar-refractivity contribution is 0.395. The van der Waals surface area contributed by atoms with Crippen LogP contribution in [0.15, 0.2) is 35.6 Å². The molecule has 2 fully saturated rings. The number of thioether (sulfide) groups is 1. The number of hydrogen-bond donors (Lipinski definition) is 0. The molecule has 2 aliphatic carbocycles. The summed E-state index contributed by atoms with van der Waals surface area (Å²) >= 11 is 1.71. The molecule has 1 aromatic carbocycles. The first-order valence-electron chi connectivity index (χ1n) is 10.6. The number of ether oxygens (including phenoxy) is 2. The number of nitrogens with zero attached hydrogens (tertiary/aromatic N) is 4. The number of fused-ring (bicyclic) bond motifs is 1. The van der Waals surface area contributed by atoms with E-state index in [9.17, 15) is 0 Å². The fourth-order valence-corrected chi connectivity index (χ4v) is 4.61. The van der Waals surface area contributed by atoms with Gasteiger partial charge in [0, 0.05) is 37.1 Å². The van der Waals surface area contributed by atoms with E-state index in [4.69, 9.17) is 19.4 Å². The van der Waals surface area contributed by atoms with Crippen LogP contribution in [0, 0.1) is 11.8 Å². The van der Waals surface area contributed by atoms with Gasteiger partial charge in [-0.1, -0.05) is 0 Å². The van der Waals surface area contributed by atoms with Gasteiger partial charge in [-0.15, -0.1) is 11.8 Å². The number of imidazole rings is 1. The quantitative estimate of drug-likeness (QED) is 0.462. The van der Waals surface area contributed by atoms with Gasteiger partial charge in [0.2, 0.25) is 0 Å². The van der Waals surface area contributed by atoms with Gasteiger partial charge < -0.3 is 14.4 Å². The predicted octanol–water partition coefficient (Wildman–Crippen LogP) is 4.76. The summed E-state index contributed by atoms with van der Waals surface area (Å²) in [6, 6.07) is 5.83. The molecule has 6 nitrogen and oxygen atoms in total. The van der Waals surface area contributed by atoms with Gasteiger partial charge in [-0.05, 0) is 55.9 Å². The van der Waals surface area contributed by atoms with E-state index in [-0.39, 0.29) is 0 Å². The molecule has 158 valence electrons. The highest BCUT2D eigenvalue weighted by atomic mass is 32.2. The number of aromatic nitrogens is 3. The first-order valence-corrected chi connectivity index (χ1v) is 11.8. The molecule has 7 heteroatoms. The van der Waals surface area contributed by atoms with Gasteiger partial charge in [-0.25, -0.2) is 4.98 Å². The standard InChI is InChI=1S/C23H28N4O2S/c1-28-17-8-9-18(19(12-17)29-2)20-21-25-22(30-3)23(27(21)11-10-24-20)26(13-15-4-5-15)14-16-6-7-16/h8-12,15-16H,4-7,13-14H2,1-3H3. The Morgan fingerprint density at radius 2 is 1.83 bits per heavy atom. The van der Waals surface area contributed by atoms with Crippen molar-refractivity contribution in [3.8, 4) is 22.8 Å². The molecule has 0 spiro atoms. The van der Waals surface area contributed by atoms with Crippen LogP contribution in [-0.4, -0.2) is 47.9 Å². The molecule has 30 heavy (non-hydrogen) atoms. The summed E-state index contributed by atoms with van der Waals surface area (Å²) in [7, 11) is 3.34. The molecule has 2 aliphatic rings. The monoisotopic (exact) mass is 424 g/mol. The Morgan fingerprint density at radius 3 is 2.43 bits per heavy atom. The Labute approximate surface area is 181 Å². The second-order valence-electron chi connectivity index (χ2n) is 8.27. The number of methoxy groups -OCH3 is 2. The molecule has 3 aromatic rings. The molecular formula is C23H28N4O2S. The van der Waals surface area contributed by atoms with E-state index in [2.05, 4.69) is 15.6 Å². The third-order valence-corrected chi connectivity index (χ3v) is 6.65. The molecule has 0 saturated heterocycles. The SMILES string of the molecule is COc1ccc(-c2nccn3c(N(CC4CC4)CC4CC4)c(SC)nc23)c(OC)c1. The first-order chi connectivity index (χ1) is 14.7. The maximum absolute atomic E-state index is 5.65. The topological polar surface area (TPSA) is 51.9 Å². The lowest BCUT2D eigenvalue weighted by Gasteiger charge is -2.25. The van der Waals surface area contributed by atoms with Crippen LogP contribution in [-0.2, 0) is 0 Å². The molecule has 5 rings (SSSR count). The van der Waals surface area contributed by atoms with E-state index in [0.29, 0.717) is 0 Å². The second kappa shape index (κ2) is 8.02. The maximum atomic E-state index is 5.65. The number of hydrogen-bond acceptors (Lipinski definition) is 6. The van der Waals surface area contributed by atoms with Crippen molar-refractivity contribution in [2.24, 2.45) is 11.8 Å². The van der Waals surface area contributed by atoms with Crippen LogP contribution in [0.25, 0.3) is 16.9 Å². The summed E-state index contributed by atoms with van der Waals surface area (Å²) in [5.41, 5.74) is 2.62. The van der Waals surface area contributed by atoms with Gasteiger partial charge in [0.1, 0.15) is 28.0 Å². The number of anilines is 1. The van der Waals surface area contributed by atoms with Crippen LogP contribution < -0.4 is 14.4 Å². The molecular weight excluding hydrogens is 396 g/mol. The molecule has 0 amide bonds. The summed E-state index contributed by atoms with van der Waals surface area (Å²) < 4.78 is 13.2. The lowest BCUT2D eigenvalue weighted by atomic mass is 10.1. The van der Waals surface area contributed by atoms with Gasteiger partial charge >= 0.3 is 0 Å². The fraction of sp³-hybridized carbons (Fsp3) is 0.478. The zero-order valence-corrected chi connectivity index (χ0v) is 18.6. The minimum Gasteiger partial charge on any atom is -0.497 e. The van der Waals surface area contributed by atoms with Gasteiger partial charge in [0.15, 0.2) is 5.65 Å². The summed E-state index contributed by atoms with van der Waals surface area (Å²) in [5, 5.41) is 1.07. The third kappa shape index (κ3) is 3.71. The largest absolute Gasteiger partial charge is 0.497 e. The van der Waals surface area contributed by atoms with Crippen molar-refractivity contribution in [2.75, 3.05) is 38.5 Å². The molecule has 0 bridgehead atoms. The molecule has 0 radical (unpaired) electrons. The smallest absolute Gasteiger partial charge is 0.166 e. The summed E-state index contributed by atoms with van der Waals surface area (Å²) in [6.45, 7) is 2.25. The van der Waals surface area contributed by atoms with E-state index in [1.54, 1.807) is 26.0 Å². The highest BCUT2D eigenvalue weighted by molar-refractivity contribution is 7.98. The van der Waals surface area contributed by atoms with Gasteiger partial charge in [-0.3, -0.25) is 9.38 Å².